The van der Waals surface area contributed by atoms with Gasteiger partial charge in [-0.3, -0.25) is 4.79 Å². The Morgan fingerprint density at radius 2 is 2.13 bits per heavy atom. The lowest BCUT2D eigenvalue weighted by Crippen LogP contribution is -1.99. The van der Waals surface area contributed by atoms with E-state index >= 15 is 0 Å². The fourth-order valence-electron chi connectivity index (χ4n) is 1.38. The first-order chi connectivity index (χ1) is 7.27. The highest BCUT2D eigenvalue weighted by molar-refractivity contribution is 5.75. The van der Waals surface area contributed by atoms with E-state index in [-0.39, 0.29) is 0 Å². The predicted octanol–water partition coefficient (Wildman–Crippen LogP) is 3.38. The topological polar surface area (TPSA) is 26.3 Å². The molecule has 0 aliphatic rings. The summed E-state index contributed by atoms with van der Waals surface area (Å²) in [6.45, 7) is 4.89. The Balaban J connectivity index is 2.55. The number of benzene rings is 1. The van der Waals surface area contributed by atoms with Gasteiger partial charge in [0.25, 0.3) is 0 Å². The number of rotatable bonds is 6. The van der Waals surface area contributed by atoms with E-state index in [1.54, 1.807) is 12.1 Å². The van der Waals surface area contributed by atoms with Gasteiger partial charge in [-0.2, -0.15) is 0 Å². The smallest absolute Gasteiger partial charge is 0.150 e. The maximum atomic E-state index is 10.6. The van der Waals surface area contributed by atoms with Gasteiger partial charge in [-0.1, -0.05) is 31.9 Å². The second kappa shape index (κ2) is 6.23. The molecule has 0 heterocycles. The Morgan fingerprint density at radius 3 is 2.80 bits per heavy atom. The van der Waals surface area contributed by atoms with E-state index in [2.05, 4.69) is 6.92 Å². The lowest BCUT2D eigenvalue weighted by molar-refractivity contribution is 0.112. The summed E-state index contributed by atoms with van der Waals surface area (Å²) in [5, 5.41) is 0. The molecule has 2 heteroatoms. The van der Waals surface area contributed by atoms with Crippen molar-refractivity contribution in [2.75, 3.05) is 6.61 Å². The molecule has 82 valence electrons. The van der Waals surface area contributed by atoms with Crippen LogP contribution in [-0.2, 0) is 0 Å². The Hall–Kier alpha value is -1.31. The van der Waals surface area contributed by atoms with Gasteiger partial charge in [-0.05, 0) is 25.0 Å². The van der Waals surface area contributed by atoms with E-state index < -0.39 is 0 Å². The monoisotopic (exact) mass is 206 g/mol. The van der Waals surface area contributed by atoms with Crippen molar-refractivity contribution in [1.82, 2.24) is 0 Å². The van der Waals surface area contributed by atoms with E-state index in [0.29, 0.717) is 5.56 Å². The molecule has 0 fully saturated rings. The van der Waals surface area contributed by atoms with Crippen LogP contribution in [0.3, 0.4) is 0 Å². The van der Waals surface area contributed by atoms with Crippen molar-refractivity contribution in [2.24, 2.45) is 0 Å². The van der Waals surface area contributed by atoms with E-state index in [0.717, 1.165) is 30.6 Å². The van der Waals surface area contributed by atoms with Crippen LogP contribution in [0.4, 0.5) is 0 Å². The van der Waals surface area contributed by atoms with Gasteiger partial charge in [-0.15, -0.1) is 0 Å². The molecular formula is C13H18O2. The normalized spacial score (nSPS) is 10.0. The molecule has 0 aliphatic carbocycles. The van der Waals surface area contributed by atoms with Crippen LogP contribution in [0.5, 0.6) is 5.75 Å². The second-order valence-corrected chi connectivity index (χ2v) is 3.70. The number of aldehydes is 1. The number of hydrogen-bond acceptors (Lipinski definition) is 2. The summed E-state index contributed by atoms with van der Waals surface area (Å²) in [6.07, 6.45) is 4.29. The van der Waals surface area contributed by atoms with Gasteiger partial charge >= 0.3 is 0 Å². The van der Waals surface area contributed by atoms with Crippen molar-refractivity contribution in [3.05, 3.63) is 29.3 Å². The third kappa shape index (κ3) is 3.74. The number of hydrogen-bond donors (Lipinski definition) is 0. The van der Waals surface area contributed by atoms with E-state index in [1.807, 2.05) is 13.0 Å². The van der Waals surface area contributed by atoms with Crippen LogP contribution in [0.2, 0.25) is 0 Å². The zero-order chi connectivity index (χ0) is 11.1. The van der Waals surface area contributed by atoms with Gasteiger partial charge in [0.1, 0.15) is 12.0 Å². The van der Waals surface area contributed by atoms with Crippen molar-refractivity contribution in [1.29, 1.82) is 0 Å². The predicted molar refractivity (Wildman–Crippen MR) is 61.6 cm³/mol. The summed E-state index contributed by atoms with van der Waals surface area (Å²) in [4.78, 5) is 10.6. The van der Waals surface area contributed by atoms with Crippen molar-refractivity contribution in [2.45, 2.75) is 33.1 Å². The minimum Gasteiger partial charge on any atom is -0.493 e. The molecule has 15 heavy (non-hydrogen) atoms. The highest BCUT2D eigenvalue weighted by Gasteiger charge is 2.00. The minimum atomic E-state index is 0.672. The Labute approximate surface area is 91.3 Å². The first-order valence-electron chi connectivity index (χ1n) is 5.46. The van der Waals surface area contributed by atoms with Crippen molar-refractivity contribution < 1.29 is 9.53 Å². The lowest BCUT2D eigenvalue weighted by Gasteiger charge is -2.09. The molecule has 0 bridgehead atoms. The summed E-state index contributed by atoms with van der Waals surface area (Å²) in [7, 11) is 0. The van der Waals surface area contributed by atoms with Crippen LogP contribution in [0.25, 0.3) is 0 Å². The molecule has 0 spiro atoms. The zero-order valence-corrected chi connectivity index (χ0v) is 9.45. The zero-order valence-electron chi connectivity index (χ0n) is 9.45. The molecule has 0 amide bonds. The molecule has 0 atom stereocenters. The van der Waals surface area contributed by atoms with Crippen LogP contribution in [0, 0.1) is 6.92 Å². The first kappa shape index (κ1) is 11.8. The molecule has 0 unspecified atom stereocenters. The maximum absolute atomic E-state index is 10.6. The van der Waals surface area contributed by atoms with Gasteiger partial charge in [-0.25, -0.2) is 0 Å². The molecule has 0 aromatic heterocycles. The summed E-state index contributed by atoms with van der Waals surface area (Å²) in [5.74, 6) is 0.829. The molecule has 0 radical (unpaired) electrons. The van der Waals surface area contributed by atoms with Crippen molar-refractivity contribution in [3.63, 3.8) is 0 Å². The van der Waals surface area contributed by atoms with E-state index in [1.165, 1.54) is 12.8 Å². The summed E-state index contributed by atoms with van der Waals surface area (Å²) < 4.78 is 5.62. The van der Waals surface area contributed by atoms with Gasteiger partial charge in [0.05, 0.1) is 6.61 Å². The first-order valence-corrected chi connectivity index (χ1v) is 5.46. The van der Waals surface area contributed by atoms with Crippen molar-refractivity contribution in [3.8, 4) is 5.75 Å². The molecule has 0 saturated heterocycles. The Morgan fingerprint density at radius 1 is 1.33 bits per heavy atom. The SMILES string of the molecule is CCCCCOc1cc(C=O)ccc1C. The van der Waals surface area contributed by atoms with Crippen LogP contribution < -0.4 is 4.74 Å². The van der Waals surface area contributed by atoms with Gasteiger partial charge in [0, 0.05) is 5.56 Å². The molecule has 1 aromatic carbocycles. The Bertz CT molecular complexity index is 318. The number of carbonyl (C=O) groups excluding carboxylic acids is 1. The highest BCUT2D eigenvalue weighted by Crippen LogP contribution is 2.19. The standard InChI is InChI=1S/C13H18O2/c1-3-4-5-8-15-13-9-12(10-14)7-6-11(13)2/h6-7,9-10H,3-5,8H2,1-2H3. The van der Waals surface area contributed by atoms with Crippen molar-refractivity contribution >= 4 is 6.29 Å². The second-order valence-electron chi connectivity index (χ2n) is 3.70. The largest absolute Gasteiger partial charge is 0.493 e. The molecule has 0 aliphatic heterocycles. The quantitative estimate of drug-likeness (QED) is 0.527. The average Bonchev–Trinajstić information content (AvgIpc) is 2.26. The summed E-state index contributed by atoms with van der Waals surface area (Å²) in [6, 6.07) is 5.52. The summed E-state index contributed by atoms with van der Waals surface area (Å²) in [5.41, 5.74) is 1.75. The van der Waals surface area contributed by atoms with E-state index in [4.69, 9.17) is 4.74 Å². The molecule has 2 nitrogen and oxygen atoms in total. The van der Waals surface area contributed by atoms with Crippen LogP contribution in [0.15, 0.2) is 18.2 Å². The maximum Gasteiger partial charge on any atom is 0.150 e. The fourth-order valence-corrected chi connectivity index (χ4v) is 1.38. The molecule has 0 N–H and O–H groups in total. The highest BCUT2D eigenvalue weighted by atomic mass is 16.5. The average molecular weight is 206 g/mol. The van der Waals surface area contributed by atoms with Gasteiger partial charge < -0.3 is 4.74 Å². The van der Waals surface area contributed by atoms with Gasteiger partial charge in [0.15, 0.2) is 0 Å². The number of carbonyl (C=O) groups is 1. The molecular weight excluding hydrogens is 188 g/mol. The van der Waals surface area contributed by atoms with Gasteiger partial charge in [0.2, 0.25) is 0 Å². The lowest BCUT2D eigenvalue weighted by atomic mass is 10.1. The van der Waals surface area contributed by atoms with Crippen LogP contribution >= 0.6 is 0 Å². The number of aryl methyl sites for hydroxylation is 1. The van der Waals surface area contributed by atoms with E-state index in [9.17, 15) is 4.79 Å². The third-order valence-corrected chi connectivity index (χ3v) is 2.35. The summed E-state index contributed by atoms with van der Waals surface area (Å²) >= 11 is 0. The third-order valence-electron chi connectivity index (χ3n) is 2.35. The van der Waals surface area contributed by atoms with Crippen LogP contribution in [0.1, 0.15) is 42.1 Å². The number of ether oxygens (including phenoxy) is 1. The number of unbranched alkanes of at least 4 members (excludes halogenated alkanes) is 2. The fraction of sp³-hybridized carbons (Fsp3) is 0.462. The molecule has 1 rings (SSSR count). The molecule has 1 aromatic rings. The minimum absolute atomic E-state index is 0.672. The Kier molecular flexibility index (Phi) is 4.88. The van der Waals surface area contributed by atoms with Crippen LogP contribution in [-0.4, -0.2) is 12.9 Å². The molecule has 0 saturated carbocycles.